The van der Waals surface area contributed by atoms with Crippen LogP contribution in [0, 0.1) is 0 Å². The molecule has 0 saturated carbocycles. The Labute approximate surface area is 122 Å². The van der Waals surface area contributed by atoms with Gasteiger partial charge in [0.2, 0.25) is 0 Å². The van der Waals surface area contributed by atoms with E-state index in [-0.39, 0.29) is 11.5 Å². The fourth-order valence-corrected chi connectivity index (χ4v) is 2.65. The van der Waals surface area contributed by atoms with E-state index in [0.717, 1.165) is 18.7 Å². The van der Waals surface area contributed by atoms with Crippen LogP contribution < -0.4 is 15.0 Å². The van der Waals surface area contributed by atoms with Crippen LogP contribution in [0.4, 0.5) is 0 Å². The molecule has 1 fully saturated rings. The van der Waals surface area contributed by atoms with Crippen LogP contribution in [0.3, 0.4) is 0 Å². The van der Waals surface area contributed by atoms with Crippen molar-refractivity contribution in [2.75, 3.05) is 27.4 Å². The van der Waals surface area contributed by atoms with E-state index in [1.54, 1.807) is 26.4 Å². The molecule has 2 heterocycles. The van der Waals surface area contributed by atoms with Gasteiger partial charge in [0.05, 0.1) is 25.1 Å². The molecule has 2 aromatic rings. The first-order chi connectivity index (χ1) is 10.2. The SMILES string of the molecule is COc1cc2nc(C3CCOCC3)[nH]c(=O)c2cc1OC. The van der Waals surface area contributed by atoms with Gasteiger partial charge in [0.25, 0.3) is 5.56 Å². The molecule has 112 valence electrons. The highest BCUT2D eigenvalue weighted by molar-refractivity contribution is 5.81. The molecule has 0 atom stereocenters. The second-order valence-electron chi connectivity index (χ2n) is 5.06. The molecule has 0 amide bonds. The third-order valence-electron chi connectivity index (χ3n) is 3.84. The maximum absolute atomic E-state index is 12.3. The van der Waals surface area contributed by atoms with Crippen molar-refractivity contribution in [2.24, 2.45) is 0 Å². The third-order valence-corrected chi connectivity index (χ3v) is 3.84. The van der Waals surface area contributed by atoms with Crippen molar-refractivity contribution >= 4 is 10.9 Å². The second-order valence-corrected chi connectivity index (χ2v) is 5.06. The molecule has 6 heteroatoms. The Balaban J connectivity index is 2.11. The molecule has 6 nitrogen and oxygen atoms in total. The van der Waals surface area contributed by atoms with Crippen molar-refractivity contribution in [3.63, 3.8) is 0 Å². The minimum Gasteiger partial charge on any atom is -0.493 e. The Morgan fingerprint density at radius 2 is 1.86 bits per heavy atom. The molecule has 1 aromatic carbocycles. The van der Waals surface area contributed by atoms with Crippen molar-refractivity contribution in [1.29, 1.82) is 0 Å². The van der Waals surface area contributed by atoms with Gasteiger partial charge in [-0.25, -0.2) is 4.98 Å². The second kappa shape index (κ2) is 5.73. The predicted molar refractivity (Wildman–Crippen MR) is 78.3 cm³/mol. The van der Waals surface area contributed by atoms with E-state index < -0.39 is 0 Å². The number of nitrogens with one attached hydrogen (secondary N) is 1. The summed E-state index contributed by atoms with van der Waals surface area (Å²) in [5.41, 5.74) is 0.473. The number of aromatic nitrogens is 2. The van der Waals surface area contributed by atoms with Gasteiger partial charge in [0.15, 0.2) is 11.5 Å². The molecule has 1 saturated heterocycles. The Hall–Kier alpha value is -2.08. The third kappa shape index (κ3) is 2.58. The van der Waals surface area contributed by atoms with Crippen LogP contribution in [-0.4, -0.2) is 37.4 Å². The summed E-state index contributed by atoms with van der Waals surface area (Å²) in [5, 5.41) is 0.503. The highest BCUT2D eigenvalue weighted by atomic mass is 16.5. The lowest BCUT2D eigenvalue weighted by atomic mass is 9.99. The van der Waals surface area contributed by atoms with Gasteiger partial charge in [-0.15, -0.1) is 0 Å². The van der Waals surface area contributed by atoms with Crippen LogP contribution in [0.25, 0.3) is 10.9 Å². The van der Waals surface area contributed by atoms with Crippen molar-refractivity contribution in [2.45, 2.75) is 18.8 Å². The zero-order chi connectivity index (χ0) is 14.8. The lowest BCUT2D eigenvalue weighted by molar-refractivity contribution is 0.0836. The maximum Gasteiger partial charge on any atom is 0.258 e. The Bertz CT molecular complexity index is 705. The molecule has 0 unspecified atom stereocenters. The number of methoxy groups -OCH3 is 2. The van der Waals surface area contributed by atoms with Gasteiger partial charge in [0.1, 0.15) is 5.82 Å². The first kappa shape index (κ1) is 13.9. The standard InChI is InChI=1S/C15H18N2O4/c1-19-12-7-10-11(8-13(12)20-2)16-14(17-15(10)18)9-3-5-21-6-4-9/h7-9H,3-6H2,1-2H3,(H,16,17,18). The fourth-order valence-electron chi connectivity index (χ4n) is 2.65. The molecule has 1 aromatic heterocycles. The van der Waals surface area contributed by atoms with Gasteiger partial charge < -0.3 is 19.2 Å². The van der Waals surface area contributed by atoms with E-state index >= 15 is 0 Å². The summed E-state index contributed by atoms with van der Waals surface area (Å²) >= 11 is 0. The Morgan fingerprint density at radius 1 is 1.19 bits per heavy atom. The van der Waals surface area contributed by atoms with Crippen molar-refractivity contribution < 1.29 is 14.2 Å². The molecule has 1 N–H and O–H groups in total. The average molecular weight is 290 g/mol. The predicted octanol–water partition coefficient (Wildman–Crippen LogP) is 1.83. The molecule has 0 aliphatic carbocycles. The number of rotatable bonds is 3. The molecule has 1 aliphatic heterocycles. The van der Waals surface area contributed by atoms with Gasteiger partial charge >= 0.3 is 0 Å². The zero-order valence-corrected chi connectivity index (χ0v) is 12.1. The van der Waals surface area contributed by atoms with Crippen LogP contribution >= 0.6 is 0 Å². The highest BCUT2D eigenvalue weighted by Crippen LogP contribution is 2.31. The van der Waals surface area contributed by atoms with E-state index in [1.165, 1.54) is 0 Å². The monoisotopic (exact) mass is 290 g/mol. The van der Waals surface area contributed by atoms with E-state index in [2.05, 4.69) is 9.97 Å². The fraction of sp³-hybridized carbons (Fsp3) is 0.467. The van der Waals surface area contributed by atoms with Crippen LogP contribution in [0.2, 0.25) is 0 Å². The van der Waals surface area contributed by atoms with E-state index in [9.17, 15) is 4.79 Å². The lowest BCUT2D eigenvalue weighted by Gasteiger charge is -2.21. The highest BCUT2D eigenvalue weighted by Gasteiger charge is 2.20. The van der Waals surface area contributed by atoms with Gasteiger partial charge in [-0.2, -0.15) is 0 Å². The molecule has 1 aliphatic rings. The summed E-state index contributed by atoms with van der Waals surface area (Å²) in [5.74, 6) is 2.06. The zero-order valence-electron chi connectivity index (χ0n) is 12.1. The Morgan fingerprint density at radius 3 is 2.52 bits per heavy atom. The summed E-state index contributed by atoms with van der Waals surface area (Å²) in [6.07, 6.45) is 1.75. The minimum atomic E-state index is -0.151. The molecular weight excluding hydrogens is 272 g/mol. The van der Waals surface area contributed by atoms with Crippen molar-refractivity contribution in [3.05, 3.63) is 28.3 Å². The van der Waals surface area contributed by atoms with Crippen LogP contribution in [0.5, 0.6) is 11.5 Å². The summed E-state index contributed by atoms with van der Waals surface area (Å²) in [4.78, 5) is 19.8. The summed E-state index contributed by atoms with van der Waals surface area (Å²) in [6.45, 7) is 1.41. The minimum absolute atomic E-state index is 0.151. The van der Waals surface area contributed by atoms with Gasteiger partial charge in [-0.3, -0.25) is 4.79 Å². The topological polar surface area (TPSA) is 73.4 Å². The number of aromatic amines is 1. The average Bonchev–Trinajstić information content (AvgIpc) is 2.54. The molecule has 0 spiro atoms. The van der Waals surface area contributed by atoms with E-state index in [0.29, 0.717) is 35.6 Å². The summed E-state index contributed by atoms with van der Waals surface area (Å²) in [7, 11) is 3.11. The number of hydrogen-bond acceptors (Lipinski definition) is 5. The van der Waals surface area contributed by atoms with Gasteiger partial charge in [0, 0.05) is 25.2 Å². The van der Waals surface area contributed by atoms with Crippen molar-refractivity contribution in [3.8, 4) is 11.5 Å². The normalized spacial score (nSPS) is 16.1. The number of hydrogen-bond donors (Lipinski definition) is 1. The summed E-state index contributed by atoms with van der Waals surface area (Å²) in [6, 6.07) is 3.40. The number of benzene rings is 1. The smallest absolute Gasteiger partial charge is 0.258 e. The summed E-state index contributed by atoms with van der Waals surface area (Å²) < 4.78 is 15.8. The molecular formula is C15H18N2O4. The number of fused-ring (bicyclic) bond motifs is 1. The Kier molecular flexibility index (Phi) is 3.79. The first-order valence-corrected chi connectivity index (χ1v) is 6.96. The van der Waals surface area contributed by atoms with Crippen molar-refractivity contribution in [1.82, 2.24) is 9.97 Å². The maximum atomic E-state index is 12.3. The lowest BCUT2D eigenvalue weighted by Crippen LogP contribution is -2.20. The number of ether oxygens (including phenoxy) is 3. The number of nitrogens with zero attached hydrogens (tertiary/aromatic N) is 1. The number of H-pyrrole nitrogens is 1. The van der Waals surface area contributed by atoms with Crippen LogP contribution in [-0.2, 0) is 4.74 Å². The largest absolute Gasteiger partial charge is 0.493 e. The first-order valence-electron chi connectivity index (χ1n) is 6.96. The van der Waals surface area contributed by atoms with E-state index in [4.69, 9.17) is 14.2 Å². The molecule has 3 rings (SSSR count). The van der Waals surface area contributed by atoms with Gasteiger partial charge in [-0.1, -0.05) is 0 Å². The molecule has 21 heavy (non-hydrogen) atoms. The van der Waals surface area contributed by atoms with Crippen LogP contribution in [0.1, 0.15) is 24.6 Å². The quantitative estimate of drug-likeness (QED) is 0.933. The molecule has 0 radical (unpaired) electrons. The van der Waals surface area contributed by atoms with E-state index in [1.807, 2.05) is 0 Å². The van der Waals surface area contributed by atoms with Crippen LogP contribution in [0.15, 0.2) is 16.9 Å². The molecule has 0 bridgehead atoms. The van der Waals surface area contributed by atoms with Gasteiger partial charge in [-0.05, 0) is 18.9 Å².